The van der Waals surface area contributed by atoms with Crippen LogP contribution in [0.1, 0.15) is 12.8 Å². The van der Waals surface area contributed by atoms with Crippen molar-refractivity contribution in [2.24, 2.45) is 5.11 Å². The predicted molar refractivity (Wildman–Crippen MR) is 45.1 cm³/mol. The molecule has 0 aliphatic carbocycles. The van der Waals surface area contributed by atoms with E-state index in [-0.39, 0.29) is 12.5 Å². The molecule has 0 aliphatic rings. The summed E-state index contributed by atoms with van der Waals surface area (Å²) in [5.41, 5.74) is 7.89. The molecule has 0 saturated carbocycles. The van der Waals surface area contributed by atoms with Crippen molar-refractivity contribution in [1.82, 2.24) is 5.32 Å². The standard InChI is InChI=1S/C7H10N4O/c1-2-3-4-7(12)9-5-6-10-11-8/h1H,3-6H2,(H,9,12). The summed E-state index contributed by atoms with van der Waals surface area (Å²) < 4.78 is 0. The maximum atomic E-state index is 10.8. The number of nitrogens with zero attached hydrogens (tertiary/aromatic N) is 3. The molecule has 0 unspecified atom stereocenters. The van der Waals surface area contributed by atoms with Gasteiger partial charge in [0.15, 0.2) is 0 Å². The summed E-state index contributed by atoms with van der Waals surface area (Å²) in [7, 11) is 0. The first kappa shape index (κ1) is 10.3. The van der Waals surface area contributed by atoms with Gasteiger partial charge in [-0.2, -0.15) is 0 Å². The molecule has 1 N–H and O–H groups in total. The van der Waals surface area contributed by atoms with Gasteiger partial charge >= 0.3 is 0 Å². The van der Waals surface area contributed by atoms with Gasteiger partial charge in [0.1, 0.15) is 0 Å². The van der Waals surface area contributed by atoms with Crippen LogP contribution in [0.15, 0.2) is 5.11 Å². The number of rotatable bonds is 5. The Kier molecular flexibility index (Phi) is 6.42. The Morgan fingerprint density at radius 2 is 2.50 bits per heavy atom. The number of carbonyl (C=O) groups excluding carboxylic acids is 1. The van der Waals surface area contributed by atoms with Crippen molar-refractivity contribution in [3.63, 3.8) is 0 Å². The molecule has 0 rings (SSSR count). The van der Waals surface area contributed by atoms with E-state index in [0.29, 0.717) is 19.4 Å². The predicted octanol–water partition coefficient (Wildman–Crippen LogP) is 0.826. The lowest BCUT2D eigenvalue weighted by Crippen LogP contribution is -2.25. The fourth-order valence-corrected chi connectivity index (χ4v) is 0.564. The first-order valence-corrected chi connectivity index (χ1v) is 3.52. The molecule has 64 valence electrons. The fraction of sp³-hybridized carbons (Fsp3) is 0.571. The Morgan fingerprint density at radius 1 is 1.75 bits per heavy atom. The molecule has 5 heteroatoms. The second-order valence-electron chi connectivity index (χ2n) is 2.01. The Morgan fingerprint density at radius 3 is 3.08 bits per heavy atom. The molecule has 0 atom stereocenters. The van der Waals surface area contributed by atoms with Crippen LogP contribution in [0.25, 0.3) is 10.4 Å². The Balaban J connectivity index is 3.32. The largest absolute Gasteiger partial charge is 0.356 e. The van der Waals surface area contributed by atoms with Crippen LogP contribution in [-0.2, 0) is 4.79 Å². The highest BCUT2D eigenvalue weighted by atomic mass is 16.1. The Hall–Kier alpha value is -1.66. The van der Waals surface area contributed by atoms with Gasteiger partial charge in [0.25, 0.3) is 0 Å². The third-order valence-corrected chi connectivity index (χ3v) is 1.09. The highest BCUT2D eigenvalue weighted by Crippen LogP contribution is 1.84. The van der Waals surface area contributed by atoms with E-state index in [0.717, 1.165) is 0 Å². The van der Waals surface area contributed by atoms with Crippen LogP contribution in [0, 0.1) is 12.3 Å². The molecule has 0 spiro atoms. The van der Waals surface area contributed by atoms with E-state index in [1.165, 1.54) is 0 Å². The van der Waals surface area contributed by atoms with E-state index >= 15 is 0 Å². The van der Waals surface area contributed by atoms with E-state index in [4.69, 9.17) is 12.0 Å². The lowest BCUT2D eigenvalue weighted by molar-refractivity contribution is -0.120. The van der Waals surface area contributed by atoms with Crippen LogP contribution in [0.4, 0.5) is 0 Å². The molecule has 0 aromatic heterocycles. The summed E-state index contributed by atoms with van der Waals surface area (Å²) in [6.45, 7) is 0.645. The van der Waals surface area contributed by atoms with Gasteiger partial charge in [-0.25, -0.2) is 0 Å². The number of carbonyl (C=O) groups is 1. The molecular formula is C7H10N4O. The summed E-state index contributed by atoms with van der Waals surface area (Å²) in [6, 6.07) is 0. The van der Waals surface area contributed by atoms with Crippen LogP contribution < -0.4 is 5.32 Å². The zero-order chi connectivity index (χ0) is 9.23. The van der Waals surface area contributed by atoms with Gasteiger partial charge in [-0.3, -0.25) is 4.79 Å². The fourth-order valence-electron chi connectivity index (χ4n) is 0.564. The topological polar surface area (TPSA) is 77.9 Å². The molecule has 0 aromatic rings. The first-order valence-electron chi connectivity index (χ1n) is 3.52. The monoisotopic (exact) mass is 166 g/mol. The third-order valence-electron chi connectivity index (χ3n) is 1.09. The number of terminal acetylenes is 1. The maximum Gasteiger partial charge on any atom is 0.220 e. The van der Waals surface area contributed by atoms with Gasteiger partial charge in [0.05, 0.1) is 0 Å². The molecule has 0 heterocycles. The van der Waals surface area contributed by atoms with Crippen molar-refractivity contribution in [2.75, 3.05) is 13.1 Å². The lowest BCUT2D eigenvalue weighted by Gasteiger charge is -1.99. The highest BCUT2D eigenvalue weighted by Gasteiger charge is 1.96. The molecule has 0 fully saturated rings. The highest BCUT2D eigenvalue weighted by molar-refractivity contribution is 5.76. The quantitative estimate of drug-likeness (QED) is 0.212. The zero-order valence-corrected chi connectivity index (χ0v) is 6.66. The summed E-state index contributed by atoms with van der Waals surface area (Å²) in [5.74, 6) is 2.25. The molecular weight excluding hydrogens is 156 g/mol. The normalized spacial score (nSPS) is 7.92. The molecule has 12 heavy (non-hydrogen) atoms. The van der Waals surface area contributed by atoms with Crippen molar-refractivity contribution in [3.05, 3.63) is 10.4 Å². The molecule has 0 aliphatic heterocycles. The van der Waals surface area contributed by atoms with E-state index in [1.54, 1.807) is 0 Å². The molecule has 1 amide bonds. The van der Waals surface area contributed by atoms with Gasteiger partial charge < -0.3 is 5.32 Å². The third kappa shape index (κ3) is 6.46. The van der Waals surface area contributed by atoms with Crippen molar-refractivity contribution in [3.8, 4) is 12.3 Å². The molecule has 0 radical (unpaired) electrons. The lowest BCUT2D eigenvalue weighted by atomic mass is 10.3. The van der Waals surface area contributed by atoms with Crippen molar-refractivity contribution in [2.45, 2.75) is 12.8 Å². The minimum Gasteiger partial charge on any atom is -0.356 e. The van der Waals surface area contributed by atoms with Gasteiger partial charge in [0, 0.05) is 30.8 Å². The number of hydrogen-bond acceptors (Lipinski definition) is 2. The van der Waals surface area contributed by atoms with Gasteiger partial charge in [0.2, 0.25) is 5.91 Å². The van der Waals surface area contributed by atoms with Crippen LogP contribution in [0.5, 0.6) is 0 Å². The minimum atomic E-state index is -0.110. The van der Waals surface area contributed by atoms with Crippen molar-refractivity contribution < 1.29 is 4.79 Å². The van der Waals surface area contributed by atoms with E-state index in [1.807, 2.05) is 0 Å². The van der Waals surface area contributed by atoms with E-state index in [9.17, 15) is 4.79 Å². The Bertz CT molecular complexity index is 224. The van der Waals surface area contributed by atoms with Crippen LogP contribution >= 0.6 is 0 Å². The Labute approximate surface area is 70.8 Å². The SMILES string of the molecule is C#CCCC(=O)NCCN=[N+]=[N-]. The average molecular weight is 166 g/mol. The second kappa shape index (κ2) is 7.45. The average Bonchev–Trinajstić information content (AvgIpc) is 2.09. The zero-order valence-electron chi connectivity index (χ0n) is 6.66. The van der Waals surface area contributed by atoms with Crippen molar-refractivity contribution in [1.29, 1.82) is 0 Å². The van der Waals surface area contributed by atoms with Gasteiger partial charge in [-0.05, 0) is 5.53 Å². The minimum absolute atomic E-state index is 0.110. The number of azide groups is 1. The molecule has 0 saturated heterocycles. The number of amides is 1. The summed E-state index contributed by atoms with van der Waals surface area (Å²) in [4.78, 5) is 13.4. The van der Waals surface area contributed by atoms with Crippen molar-refractivity contribution >= 4 is 5.91 Å². The van der Waals surface area contributed by atoms with E-state index in [2.05, 4.69) is 21.3 Å². The smallest absolute Gasteiger partial charge is 0.220 e. The second-order valence-corrected chi connectivity index (χ2v) is 2.01. The summed E-state index contributed by atoms with van der Waals surface area (Å²) >= 11 is 0. The van der Waals surface area contributed by atoms with Gasteiger partial charge in [-0.1, -0.05) is 5.11 Å². The van der Waals surface area contributed by atoms with Crippen LogP contribution in [0.2, 0.25) is 0 Å². The summed E-state index contributed by atoms with van der Waals surface area (Å²) in [6.07, 6.45) is 5.72. The summed E-state index contributed by atoms with van der Waals surface area (Å²) in [5, 5.41) is 5.80. The molecule has 5 nitrogen and oxygen atoms in total. The molecule has 0 aromatic carbocycles. The van der Waals surface area contributed by atoms with Crippen LogP contribution in [0.3, 0.4) is 0 Å². The maximum absolute atomic E-state index is 10.8. The number of hydrogen-bond donors (Lipinski definition) is 1. The van der Waals surface area contributed by atoms with E-state index < -0.39 is 0 Å². The van der Waals surface area contributed by atoms with Gasteiger partial charge in [-0.15, -0.1) is 12.3 Å². The molecule has 0 bridgehead atoms. The first-order chi connectivity index (χ1) is 5.81. The number of nitrogens with one attached hydrogen (secondary N) is 1. The van der Waals surface area contributed by atoms with Crippen LogP contribution in [-0.4, -0.2) is 19.0 Å².